The number of nitrogens with one attached hydrogen (secondary N) is 1. The Hall–Kier alpha value is -2.67. The number of rotatable bonds is 3. The summed E-state index contributed by atoms with van der Waals surface area (Å²) in [7, 11) is 1.92. The first-order valence-electron chi connectivity index (χ1n) is 7.89. The molecule has 7 heteroatoms. The van der Waals surface area contributed by atoms with E-state index >= 15 is 0 Å². The zero-order valence-electron chi connectivity index (χ0n) is 13.5. The van der Waals surface area contributed by atoms with Gasteiger partial charge in [-0.15, -0.1) is 0 Å². The molecule has 1 aromatic carbocycles. The minimum Gasteiger partial charge on any atom is -0.441 e. The molecule has 0 radical (unpaired) electrons. The van der Waals surface area contributed by atoms with Crippen molar-refractivity contribution in [3.05, 3.63) is 47.9 Å². The van der Waals surface area contributed by atoms with E-state index in [1.807, 2.05) is 17.8 Å². The van der Waals surface area contributed by atoms with Crippen LogP contribution in [0.2, 0.25) is 0 Å². The van der Waals surface area contributed by atoms with Crippen molar-refractivity contribution in [2.45, 2.75) is 25.5 Å². The lowest BCUT2D eigenvalue weighted by Crippen LogP contribution is -2.37. The summed E-state index contributed by atoms with van der Waals surface area (Å²) in [6.45, 7) is 2.39. The predicted octanol–water partition coefficient (Wildman–Crippen LogP) is 2.13. The van der Waals surface area contributed by atoms with Gasteiger partial charge in [0.1, 0.15) is 17.4 Å². The first kappa shape index (κ1) is 14.9. The van der Waals surface area contributed by atoms with Gasteiger partial charge in [0.2, 0.25) is 0 Å². The van der Waals surface area contributed by atoms with Gasteiger partial charge < -0.3 is 19.0 Å². The standard InChI is InChI=1S/C17H18N4O3/c1-10-19-13-9-11(3-4-14(13)24-10)17(22)20-12-5-8-23-15(12)16-18-6-7-21(16)2/h3-4,6-7,9,12,15H,5,8H2,1-2H3,(H,20,22)/t12-,15-/m0/s1. The van der Waals surface area contributed by atoms with Crippen molar-refractivity contribution >= 4 is 17.0 Å². The van der Waals surface area contributed by atoms with Gasteiger partial charge >= 0.3 is 0 Å². The van der Waals surface area contributed by atoms with Gasteiger partial charge in [-0.2, -0.15) is 0 Å². The van der Waals surface area contributed by atoms with Gasteiger partial charge in [-0.25, -0.2) is 9.97 Å². The maximum Gasteiger partial charge on any atom is 0.251 e. The number of fused-ring (bicyclic) bond motifs is 1. The number of amides is 1. The van der Waals surface area contributed by atoms with Crippen molar-refractivity contribution in [3.8, 4) is 0 Å². The second-order valence-corrected chi connectivity index (χ2v) is 5.97. The average Bonchev–Trinajstić information content (AvgIpc) is 3.25. The molecule has 0 saturated carbocycles. The first-order chi connectivity index (χ1) is 11.6. The van der Waals surface area contributed by atoms with Crippen molar-refractivity contribution in [1.29, 1.82) is 0 Å². The number of aromatic nitrogens is 3. The molecule has 124 valence electrons. The van der Waals surface area contributed by atoms with E-state index in [2.05, 4.69) is 15.3 Å². The summed E-state index contributed by atoms with van der Waals surface area (Å²) in [6, 6.07) is 5.15. The molecule has 1 aliphatic rings. The van der Waals surface area contributed by atoms with E-state index in [9.17, 15) is 4.79 Å². The van der Waals surface area contributed by atoms with Crippen molar-refractivity contribution in [2.24, 2.45) is 7.05 Å². The van der Waals surface area contributed by atoms with Gasteiger partial charge in [0.15, 0.2) is 11.5 Å². The summed E-state index contributed by atoms with van der Waals surface area (Å²) >= 11 is 0. The van der Waals surface area contributed by atoms with E-state index in [-0.39, 0.29) is 18.1 Å². The van der Waals surface area contributed by atoms with Crippen LogP contribution in [-0.2, 0) is 11.8 Å². The van der Waals surface area contributed by atoms with Crippen molar-refractivity contribution in [3.63, 3.8) is 0 Å². The number of hydrogen-bond acceptors (Lipinski definition) is 5. The Morgan fingerprint density at radius 1 is 1.42 bits per heavy atom. The Labute approximate surface area is 138 Å². The zero-order chi connectivity index (χ0) is 16.7. The van der Waals surface area contributed by atoms with Crippen LogP contribution in [0.4, 0.5) is 0 Å². The van der Waals surface area contributed by atoms with Crippen LogP contribution in [0.1, 0.15) is 34.6 Å². The third-order valence-corrected chi connectivity index (χ3v) is 4.28. The number of aryl methyl sites for hydroxylation is 2. The van der Waals surface area contributed by atoms with Crippen LogP contribution in [0, 0.1) is 6.92 Å². The van der Waals surface area contributed by atoms with E-state index in [1.165, 1.54) is 0 Å². The van der Waals surface area contributed by atoms with Crippen molar-refractivity contribution < 1.29 is 13.9 Å². The largest absolute Gasteiger partial charge is 0.441 e. The second-order valence-electron chi connectivity index (χ2n) is 5.97. The van der Waals surface area contributed by atoms with E-state index in [0.29, 0.717) is 29.2 Å². The minimum atomic E-state index is -0.230. The van der Waals surface area contributed by atoms with Crippen LogP contribution in [0.25, 0.3) is 11.1 Å². The molecule has 3 heterocycles. The molecule has 1 N–H and O–H groups in total. The van der Waals surface area contributed by atoms with Crippen molar-refractivity contribution in [2.75, 3.05) is 6.61 Å². The molecule has 1 aliphatic heterocycles. The van der Waals surface area contributed by atoms with E-state index in [4.69, 9.17) is 9.15 Å². The lowest BCUT2D eigenvalue weighted by Gasteiger charge is -2.19. The number of imidazole rings is 1. The SMILES string of the molecule is Cc1nc2cc(C(=O)N[C@H]3CCO[C@@H]3c3nccn3C)ccc2o1. The Kier molecular flexibility index (Phi) is 3.57. The third-order valence-electron chi connectivity index (χ3n) is 4.28. The fraction of sp³-hybridized carbons (Fsp3) is 0.353. The second kappa shape index (κ2) is 5.76. The molecule has 24 heavy (non-hydrogen) atoms. The Bertz CT molecular complexity index is 898. The molecule has 0 spiro atoms. The predicted molar refractivity (Wildman–Crippen MR) is 86.5 cm³/mol. The maximum absolute atomic E-state index is 12.6. The monoisotopic (exact) mass is 326 g/mol. The van der Waals surface area contributed by atoms with E-state index < -0.39 is 0 Å². The highest BCUT2D eigenvalue weighted by molar-refractivity contribution is 5.97. The summed E-state index contributed by atoms with van der Waals surface area (Å²) in [5.74, 6) is 1.26. The van der Waals surface area contributed by atoms with Crippen molar-refractivity contribution in [1.82, 2.24) is 19.9 Å². The summed E-state index contributed by atoms with van der Waals surface area (Å²) in [5.41, 5.74) is 1.92. The number of hydrogen-bond donors (Lipinski definition) is 1. The molecule has 4 rings (SSSR count). The molecule has 0 bridgehead atoms. The van der Waals surface area contributed by atoms with E-state index in [1.54, 1.807) is 31.3 Å². The maximum atomic E-state index is 12.6. The number of nitrogens with zero attached hydrogens (tertiary/aromatic N) is 3. The fourth-order valence-electron chi connectivity index (χ4n) is 3.08. The Morgan fingerprint density at radius 2 is 2.29 bits per heavy atom. The number of carbonyl (C=O) groups excluding carboxylic acids is 1. The molecule has 1 fully saturated rings. The smallest absolute Gasteiger partial charge is 0.251 e. The van der Waals surface area contributed by atoms with Gasteiger partial charge in [-0.1, -0.05) is 0 Å². The normalized spacial score (nSPS) is 20.6. The number of benzene rings is 1. The van der Waals surface area contributed by atoms with Crippen LogP contribution in [-0.4, -0.2) is 33.1 Å². The van der Waals surface area contributed by atoms with Gasteiger partial charge in [-0.3, -0.25) is 4.79 Å². The molecular weight excluding hydrogens is 308 g/mol. The summed E-state index contributed by atoms with van der Waals surface area (Å²) in [6.07, 6.45) is 4.13. The summed E-state index contributed by atoms with van der Waals surface area (Å²) in [5, 5.41) is 3.06. The zero-order valence-corrected chi connectivity index (χ0v) is 13.5. The van der Waals surface area contributed by atoms with Gasteiger partial charge in [0, 0.05) is 38.5 Å². The van der Waals surface area contributed by atoms with Crippen LogP contribution >= 0.6 is 0 Å². The van der Waals surface area contributed by atoms with Crippen LogP contribution in [0.5, 0.6) is 0 Å². The molecule has 2 atom stereocenters. The van der Waals surface area contributed by atoms with E-state index in [0.717, 1.165) is 12.2 Å². The lowest BCUT2D eigenvalue weighted by atomic mass is 10.1. The molecule has 1 amide bonds. The third kappa shape index (κ3) is 2.56. The molecule has 1 saturated heterocycles. The topological polar surface area (TPSA) is 82.2 Å². The molecule has 3 aromatic rings. The van der Waals surface area contributed by atoms with Crippen LogP contribution in [0.3, 0.4) is 0 Å². The summed E-state index contributed by atoms with van der Waals surface area (Å²) in [4.78, 5) is 21.2. The quantitative estimate of drug-likeness (QED) is 0.797. The average molecular weight is 326 g/mol. The number of oxazole rings is 1. The highest BCUT2D eigenvalue weighted by Gasteiger charge is 2.33. The summed E-state index contributed by atoms with van der Waals surface area (Å²) < 4.78 is 13.1. The van der Waals surface area contributed by atoms with Gasteiger partial charge in [0.05, 0.1) is 6.04 Å². The van der Waals surface area contributed by atoms with Crippen LogP contribution in [0.15, 0.2) is 35.0 Å². The number of carbonyl (C=O) groups is 1. The fourth-order valence-corrected chi connectivity index (χ4v) is 3.08. The highest BCUT2D eigenvalue weighted by atomic mass is 16.5. The molecule has 0 aliphatic carbocycles. The first-order valence-corrected chi connectivity index (χ1v) is 7.89. The Morgan fingerprint density at radius 3 is 3.08 bits per heavy atom. The van der Waals surface area contributed by atoms with Crippen LogP contribution < -0.4 is 5.32 Å². The van der Waals surface area contributed by atoms with Gasteiger partial charge in [0.25, 0.3) is 5.91 Å². The molecule has 7 nitrogen and oxygen atoms in total. The molecule has 2 aromatic heterocycles. The molecular formula is C17H18N4O3. The molecule has 0 unspecified atom stereocenters. The van der Waals surface area contributed by atoms with Gasteiger partial charge in [-0.05, 0) is 24.6 Å². The minimum absolute atomic E-state index is 0.103. The highest BCUT2D eigenvalue weighted by Crippen LogP contribution is 2.28. The lowest BCUT2D eigenvalue weighted by molar-refractivity contribution is 0.0779. The Balaban J connectivity index is 1.54. The number of ether oxygens (including phenoxy) is 1.